The highest BCUT2D eigenvalue weighted by Gasteiger charge is 2.33. The number of anilines is 1. The van der Waals surface area contributed by atoms with Crippen LogP contribution in [0.1, 0.15) is 5.56 Å². The highest BCUT2D eigenvalue weighted by molar-refractivity contribution is 7.80. The van der Waals surface area contributed by atoms with Crippen molar-refractivity contribution in [3.63, 3.8) is 0 Å². The van der Waals surface area contributed by atoms with E-state index in [0.717, 1.165) is 4.90 Å². The topological polar surface area (TPSA) is 78.9 Å². The fraction of sp³-hybridized carbons (Fsp3) is 0.0556. The van der Waals surface area contributed by atoms with Crippen LogP contribution in [0.2, 0.25) is 0 Å². The zero-order chi connectivity index (χ0) is 18.7. The van der Waals surface area contributed by atoms with Crippen LogP contribution < -0.4 is 15.0 Å². The zero-order valence-corrected chi connectivity index (χ0v) is 14.1. The number of hydrogen-bond donors (Lipinski definition) is 2. The first-order chi connectivity index (χ1) is 12.5. The summed E-state index contributed by atoms with van der Waals surface area (Å²) in [5, 5.41) is 11.5. The summed E-state index contributed by atoms with van der Waals surface area (Å²) >= 11 is 5.15. The van der Waals surface area contributed by atoms with Crippen LogP contribution in [0.25, 0.3) is 6.08 Å². The molecule has 1 aliphatic rings. The van der Waals surface area contributed by atoms with E-state index in [1.54, 1.807) is 30.3 Å². The normalized spacial score (nSPS) is 15.3. The maximum absolute atomic E-state index is 14.0. The van der Waals surface area contributed by atoms with Crippen molar-refractivity contribution in [2.24, 2.45) is 0 Å². The molecule has 0 atom stereocenters. The molecule has 2 aromatic carbocycles. The lowest BCUT2D eigenvalue weighted by atomic mass is 10.1. The van der Waals surface area contributed by atoms with Crippen LogP contribution in [0.3, 0.4) is 0 Å². The minimum atomic E-state index is -1.12. The fourth-order valence-electron chi connectivity index (χ4n) is 2.41. The molecule has 0 radical (unpaired) electrons. The Labute approximate surface area is 153 Å². The number of carboxylic acid groups (broad SMARTS) is 1. The molecule has 0 bridgehead atoms. The first-order valence-electron chi connectivity index (χ1n) is 7.52. The van der Waals surface area contributed by atoms with E-state index >= 15 is 0 Å². The Morgan fingerprint density at radius 2 is 1.92 bits per heavy atom. The number of nitrogens with zero attached hydrogens (tertiary/aromatic N) is 1. The van der Waals surface area contributed by atoms with Gasteiger partial charge in [-0.1, -0.05) is 30.3 Å². The third-order valence-electron chi connectivity index (χ3n) is 3.54. The standard InChI is InChI=1S/C18H13FN2O4S/c19-12-6-2-3-7-14(12)21-17(24)13(20-18(21)26)9-11-5-1-4-8-15(11)25-10-16(22)23/h1-9H,10H2,(H,20,26)(H,22,23). The largest absolute Gasteiger partial charge is 0.481 e. The number of aliphatic carboxylic acids is 1. The van der Waals surface area contributed by atoms with E-state index in [2.05, 4.69) is 5.32 Å². The molecule has 0 aromatic heterocycles. The Morgan fingerprint density at radius 1 is 1.23 bits per heavy atom. The molecule has 1 amide bonds. The molecule has 3 rings (SSSR count). The van der Waals surface area contributed by atoms with E-state index in [0.29, 0.717) is 11.3 Å². The molecule has 1 aliphatic heterocycles. The zero-order valence-electron chi connectivity index (χ0n) is 13.3. The Bertz CT molecular complexity index is 929. The number of carboxylic acids is 1. The first-order valence-corrected chi connectivity index (χ1v) is 7.93. The third kappa shape index (κ3) is 3.55. The number of thiocarbonyl (C=S) groups is 1. The number of benzene rings is 2. The molecule has 0 spiro atoms. The van der Waals surface area contributed by atoms with E-state index in [4.69, 9.17) is 22.1 Å². The van der Waals surface area contributed by atoms with Crippen molar-refractivity contribution < 1.29 is 23.8 Å². The number of carbonyl (C=O) groups is 2. The van der Waals surface area contributed by atoms with E-state index in [1.165, 1.54) is 24.3 Å². The van der Waals surface area contributed by atoms with Crippen molar-refractivity contribution in [1.82, 2.24) is 5.32 Å². The first kappa shape index (κ1) is 17.6. The van der Waals surface area contributed by atoms with Crippen molar-refractivity contribution >= 4 is 41.0 Å². The van der Waals surface area contributed by atoms with Crippen molar-refractivity contribution in [3.05, 3.63) is 65.6 Å². The van der Waals surface area contributed by atoms with Crippen LogP contribution in [0.15, 0.2) is 54.2 Å². The third-order valence-corrected chi connectivity index (χ3v) is 3.83. The summed E-state index contributed by atoms with van der Waals surface area (Å²) in [4.78, 5) is 24.4. The van der Waals surface area contributed by atoms with Gasteiger partial charge < -0.3 is 15.2 Å². The second kappa shape index (κ2) is 7.32. The summed E-state index contributed by atoms with van der Waals surface area (Å²) in [5.41, 5.74) is 0.668. The van der Waals surface area contributed by atoms with Gasteiger partial charge in [-0.2, -0.15) is 0 Å². The van der Waals surface area contributed by atoms with E-state index < -0.39 is 24.3 Å². The van der Waals surface area contributed by atoms with E-state index in [9.17, 15) is 14.0 Å². The van der Waals surface area contributed by atoms with Gasteiger partial charge in [0, 0.05) is 5.56 Å². The van der Waals surface area contributed by atoms with Gasteiger partial charge in [0.15, 0.2) is 11.7 Å². The Morgan fingerprint density at radius 3 is 2.65 bits per heavy atom. The Kier molecular flexibility index (Phi) is 4.94. The minimum Gasteiger partial charge on any atom is -0.481 e. The molecule has 8 heteroatoms. The molecular formula is C18H13FN2O4S. The van der Waals surface area contributed by atoms with Gasteiger partial charge in [0.05, 0.1) is 5.69 Å². The summed E-state index contributed by atoms with van der Waals surface area (Å²) in [6.45, 7) is -0.513. The maximum Gasteiger partial charge on any atom is 0.341 e. The molecule has 2 N–H and O–H groups in total. The molecule has 132 valence electrons. The summed E-state index contributed by atoms with van der Waals surface area (Å²) in [6.07, 6.45) is 1.48. The SMILES string of the molecule is O=C(O)COc1ccccc1C=C1NC(=S)N(c2ccccc2F)C1=O. The molecule has 1 heterocycles. The molecule has 1 fully saturated rings. The number of nitrogens with one attached hydrogen (secondary N) is 1. The number of ether oxygens (including phenoxy) is 1. The number of para-hydroxylation sites is 2. The predicted molar refractivity (Wildman–Crippen MR) is 97.2 cm³/mol. The van der Waals surface area contributed by atoms with Gasteiger partial charge in [-0.25, -0.2) is 14.1 Å². The quantitative estimate of drug-likeness (QED) is 0.620. The fourth-order valence-corrected chi connectivity index (χ4v) is 2.70. The van der Waals surface area contributed by atoms with Crippen LogP contribution in [-0.2, 0) is 9.59 Å². The van der Waals surface area contributed by atoms with Crippen LogP contribution in [0.4, 0.5) is 10.1 Å². The second-order valence-electron chi connectivity index (χ2n) is 5.30. The van der Waals surface area contributed by atoms with Gasteiger partial charge in [-0.15, -0.1) is 0 Å². The van der Waals surface area contributed by atoms with Crippen LogP contribution in [0.5, 0.6) is 5.75 Å². The number of halogens is 1. The van der Waals surface area contributed by atoms with Gasteiger partial charge in [0.25, 0.3) is 5.91 Å². The van der Waals surface area contributed by atoms with Gasteiger partial charge in [0.1, 0.15) is 17.3 Å². The van der Waals surface area contributed by atoms with Crippen LogP contribution in [-0.4, -0.2) is 28.7 Å². The molecule has 2 aromatic rings. The van der Waals surface area contributed by atoms with E-state index in [1.807, 2.05) is 0 Å². The van der Waals surface area contributed by atoms with Gasteiger partial charge in [-0.3, -0.25) is 4.79 Å². The summed E-state index contributed by atoms with van der Waals surface area (Å²) in [5.74, 6) is -1.91. The molecule has 0 saturated carbocycles. The van der Waals surface area contributed by atoms with Crippen molar-refractivity contribution in [1.29, 1.82) is 0 Å². The number of carbonyl (C=O) groups excluding carboxylic acids is 1. The molecular weight excluding hydrogens is 359 g/mol. The highest BCUT2D eigenvalue weighted by Crippen LogP contribution is 2.27. The molecule has 26 heavy (non-hydrogen) atoms. The maximum atomic E-state index is 14.0. The average Bonchev–Trinajstić information content (AvgIpc) is 2.88. The summed E-state index contributed by atoms with van der Waals surface area (Å²) < 4.78 is 19.2. The molecule has 0 aliphatic carbocycles. The molecule has 0 unspecified atom stereocenters. The lowest BCUT2D eigenvalue weighted by molar-refractivity contribution is -0.139. The van der Waals surface area contributed by atoms with Crippen molar-refractivity contribution in [2.75, 3.05) is 11.5 Å². The number of rotatable bonds is 5. The second-order valence-corrected chi connectivity index (χ2v) is 5.69. The average molecular weight is 372 g/mol. The van der Waals surface area contributed by atoms with Gasteiger partial charge in [0.2, 0.25) is 0 Å². The number of hydrogen-bond acceptors (Lipinski definition) is 4. The van der Waals surface area contributed by atoms with Crippen molar-refractivity contribution in [3.8, 4) is 5.75 Å². The van der Waals surface area contributed by atoms with E-state index in [-0.39, 0.29) is 16.5 Å². The number of amides is 1. The summed E-state index contributed by atoms with van der Waals surface area (Å²) in [7, 11) is 0. The molecule has 1 saturated heterocycles. The smallest absolute Gasteiger partial charge is 0.341 e. The lowest BCUT2D eigenvalue weighted by Crippen LogP contribution is -2.31. The van der Waals surface area contributed by atoms with Crippen LogP contribution >= 0.6 is 12.2 Å². The monoisotopic (exact) mass is 372 g/mol. The summed E-state index contributed by atoms with van der Waals surface area (Å²) in [6, 6.07) is 12.4. The lowest BCUT2D eigenvalue weighted by Gasteiger charge is -2.14. The van der Waals surface area contributed by atoms with Crippen LogP contribution in [0, 0.1) is 5.82 Å². The predicted octanol–water partition coefficient (Wildman–Crippen LogP) is 2.55. The molecule has 6 nitrogen and oxygen atoms in total. The minimum absolute atomic E-state index is 0.0498. The van der Waals surface area contributed by atoms with Crippen molar-refractivity contribution in [2.45, 2.75) is 0 Å². The Hall–Kier alpha value is -3.26. The Balaban J connectivity index is 1.92. The van der Waals surface area contributed by atoms with Gasteiger partial charge in [-0.05, 0) is 36.5 Å². The van der Waals surface area contributed by atoms with Gasteiger partial charge >= 0.3 is 5.97 Å². The highest BCUT2D eigenvalue weighted by atomic mass is 32.1.